The van der Waals surface area contributed by atoms with Crippen LogP contribution in [0.3, 0.4) is 0 Å². The summed E-state index contributed by atoms with van der Waals surface area (Å²) < 4.78 is 16.5. The van der Waals surface area contributed by atoms with Crippen LogP contribution in [0.1, 0.15) is 50.4 Å². The van der Waals surface area contributed by atoms with Gasteiger partial charge in [-0.2, -0.15) is 0 Å². The van der Waals surface area contributed by atoms with Gasteiger partial charge in [-0.25, -0.2) is 9.37 Å². The van der Waals surface area contributed by atoms with Gasteiger partial charge in [-0.3, -0.25) is 0 Å². The van der Waals surface area contributed by atoms with E-state index in [1.54, 1.807) is 12.4 Å². The number of rotatable bonds is 4. The molecular formula is C28H30FN5. The highest BCUT2D eigenvalue weighted by molar-refractivity contribution is 5.85. The smallest absolute Gasteiger partial charge is 0.182 e. The molecule has 2 aromatic heterocycles. The highest BCUT2D eigenvalue weighted by Gasteiger charge is 2.26. The quantitative estimate of drug-likeness (QED) is 0.331. The van der Waals surface area contributed by atoms with Crippen molar-refractivity contribution in [3.8, 4) is 22.6 Å². The van der Waals surface area contributed by atoms with Gasteiger partial charge in [0.2, 0.25) is 0 Å². The molecule has 0 N–H and O–H groups in total. The van der Waals surface area contributed by atoms with Crippen LogP contribution in [0.5, 0.6) is 0 Å². The first kappa shape index (κ1) is 23.4. The van der Waals surface area contributed by atoms with E-state index in [2.05, 4.69) is 41.6 Å². The molecule has 6 heteroatoms. The van der Waals surface area contributed by atoms with Gasteiger partial charge in [-0.15, -0.1) is 10.2 Å². The number of pyridine rings is 1. The fourth-order valence-corrected chi connectivity index (χ4v) is 4.27. The molecule has 0 unspecified atom stereocenters. The Morgan fingerprint density at radius 2 is 1.79 bits per heavy atom. The lowest BCUT2D eigenvalue weighted by Crippen LogP contribution is -2.15. The fourth-order valence-electron chi connectivity index (χ4n) is 4.27. The second-order valence-corrected chi connectivity index (χ2v) is 8.37. The van der Waals surface area contributed by atoms with Crippen molar-refractivity contribution in [3.63, 3.8) is 0 Å². The average molecular weight is 456 g/mol. The van der Waals surface area contributed by atoms with Gasteiger partial charge in [0.25, 0.3) is 0 Å². The Kier molecular flexibility index (Phi) is 6.59. The summed E-state index contributed by atoms with van der Waals surface area (Å²) in [5.74, 6) is 1.32. The van der Waals surface area contributed by atoms with Crippen LogP contribution >= 0.6 is 0 Å². The number of nitrogens with zero attached hydrogens (tertiary/aromatic N) is 5. The molecular weight excluding hydrogens is 425 g/mol. The van der Waals surface area contributed by atoms with Gasteiger partial charge in [0.1, 0.15) is 23.7 Å². The Labute approximate surface area is 200 Å². The molecule has 34 heavy (non-hydrogen) atoms. The Bertz CT molecular complexity index is 1320. The molecule has 3 heterocycles. The van der Waals surface area contributed by atoms with Gasteiger partial charge in [0, 0.05) is 22.9 Å². The molecule has 174 valence electrons. The van der Waals surface area contributed by atoms with Gasteiger partial charge < -0.3 is 9.47 Å². The third-order valence-electron chi connectivity index (χ3n) is 5.96. The summed E-state index contributed by atoms with van der Waals surface area (Å²) in [6.07, 6.45) is 1.73. The van der Waals surface area contributed by atoms with Gasteiger partial charge in [-0.05, 0) is 61.7 Å². The lowest BCUT2D eigenvalue weighted by Gasteiger charge is -2.19. The van der Waals surface area contributed by atoms with E-state index in [9.17, 15) is 4.39 Å². The Morgan fingerprint density at radius 1 is 1.03 bits per heavy atom. The molecule has 1 aliphatic heterocycles. The van der Waals surface area contributed by atoms with E-state index in [0.717, 1.165) is 45.3 Å². The van der Waals surface area contributed by atoms with Gasteiger partial charge in [-0.1, -0.05) is 50.8 Å². The summed E-state index contributed by atoms with van der Waals surface area (Å²) in [5, 5.41) is 8.33. The topological polar surface area (TPSA) is 46.8 Å². The van der Waals surface area contributed by atoms with E-state index in [4.69, 9.17) is 4.98 Å². The van der Waals surface area contributed by atoms with Crippen molar-refractivity contribution in [2.24, 2.45) is 0 Å². The Hall–Kier alpha value is -3.80. The molecule has 0 amide bonds. The van der Waals surface area contributed by atoms with E-state index in [1.807, 2.05) is 61.7 Å². The van der Waals surface area contributed by atoms with Gasteiger partial charge >= 0.3 is 0 Å². The number of aromatic nitrogens is 4. The Balaban J connectivity index is 0.00000133. The zero-order valence-corrected chi connectivity index (χ0v) is 20.4. The standard InChI is InChI=1S/C26H24FN5.C2H6/c1-16(2)32-15-28-30-26(32)23-9-6-10-24(29-23)31-14-20-12-11-19(13-21(20)18(31)4)25-17(3)7-5-8-22(25)27;1-2/h5-13,15-16H,4,14H2,1-3H3;1-2H3. The first-order chi connectivity index (χ1) is 16.4. The van der Waals surface area contributed by atoms with E-state index < -0.39 is 0 Å². The highest BCUT2D eigenvalue weighted by atomic mass is 19.1. The number of halogens is 1. The van der Waals surface area contributed by atoms with Crippen molar-refractivity contribution in [2.45, 2.75) is 47.2 Å². The van der Waals surface area contributed by atoms with Crippen LogP contribution in [-0.2, 0) is 6.54 Å². The van der Waals surface area contributed by atoms with Crippen molar-refractivity contribution < 1.29 is 4.39 Å². The number of hydrogen-bond donors (Lipinski definition) is 0. The summed E-state index contributed by atoms with van der Waals surface area (Å²) in [5.41, 5.74) is 6.18. The van der Waals surface area contributed by atoms with Crippen LogP contribution in [-0.4, -0.2) is 19.7 Å². The molecule has 4 aromatic rings. The largest absolute Gasteiger partial charge is 0.322 e. The van der Waals surface area contributed by atoms with Crippen LogP contribution in [0.25, 0.3) is 28.3 Å². The molecule has 0 saturated heterocycles. The van der Waals surface area contributed by atoms with Gasteiger partial charge in [0.15, 0.2) is 5.82 Å². The second-order valence-electron chi connectivity index (χ2n) is 8.37. The maximum atomic E-state index is 14.5. The minimum absolute atomic E-state index is 0.214. The van der Waals surface area contributed by atoms with Crippen molar-refractivity contribution in [2.75, 3.05) is 4.90 Å². The van der Waals surface area contributed by atoms with Crippen LogP contribution < -0.4 is 4.90 Å². The maximum absolute atomic E-state index is 14.5. The molecule has 2 aromatic carbocycles. The monoisotopic (exact) mass is 455 g/mol. The number of fused-ring (bicyclic) bond motifs is 1. The summed E-state index contributed by atoms with van der Waals surface area (Å²) >= 11 is 0. The van der Waals surface area contributed by atoms with Crippen molar-refractivity contribution in [1.29, 1.82) is 0 Å². The molecule has 0 aliphatic carbocycles. The molecule has 0 atom stereocenters. The molecule has 0 saturated carbocycles. The predicted octanol–water partition coefficient (Wildman–Crippen LogP) is 7.05. The number of hydrogen-bond acceptors (Lipinski definition) is 4. The first-order valence-corrected chi connectivity index (χ1v) is 11.7. The Morgan fingerprint density at radius 3 is 2.53 bits per heavy atom. The lowest BCUT2D eigenvalue weighted by atomic mass is 9.96. The normalized spacial score (nSPS) is 12.6. The molecule has 5 nitrogen and oxygen atoms in total. The first-order valence-electron chi connectivity index (χ1n) is 11.7. The minimum atomic E-state index is -0.214. The third-order valence-corrected chi connectivity index (χ3v) is 5.96. The highest BCUT2D eigenvalue weighted by Crippen LogP contribution is 2.38. The molecule has 5 rings (SSSR count). The average Bonchev–Trinajstić information content (AvgIpc) is 3.46. The summed E-state index contributed by atoms with van der Waals surface area (Å²) in [6.45, 7) is 15.1. The van der Waals surface area contributed by atoms with E-state index in [0.29, 0.717) is 12.1 Å². The minimum Gasteiger partial charge on any atom is -0.322 e. The van der Waals surface area contributed by atoms with Crippen LogP contribution in [0.4, 0.5) is 10.2 Å². The van der Waals surface area contributed by atoms with Crippen molar-refractivity contribution >= 4 is 11.5 Å². The van der Waals surface area contributed by atoms with E-state index >= 15 is 0 Å². The zero-order chi connectivity index (χ0) is 24.4. The predicted molar refractivity (Wildman–Crippen MR) is 137 cm³/mol. The van der Waals surface area contributed by atoms with E-state index in [1.165, 1.54) is 6.07 Å². The number of aryl methyl sites for hydroxylation is 1. The van der Waals surface area contributed by atoms with Crippen LogP contribution in [0, 0.1) is 12.7 Å². The summed E-state index contributed by atoms with van der Waals surface area (Å²) in [6, 6.07) is 17.4. The molecule has 0 bridgehead atoms. The third kappa shape index (κ3) is 4.12. The molecule has 1 aliphatic rings. The molecule has 0 spiro atoms. The van der Waals surface area contributed by atoms with Crippen molar-refractivity contribution in [3.05, 3.63) is 90.0 Å². The second kappa shape index (κ2) is 9.59. The summed E-state index contributed by atoms with van der Waals surface area (Å²) in [7, 11) is 0. The van der Waals surface area contributed by atoms with Crippen LogP contribution in [0.2, 0.25) is 0 Å². The van der Waals surface area contributed by atoms with Crippen molar-refractivity contribution in [1.82, 2.24) is 19.7 Å². The number of anilines is 1. The summed E-state index contributed by atoms with van der Waals surface area (Å²) in [4.78, 5) is 6.95. The van der Waals surface area contributed by atoms with Crippen LogP contribution in [0.15, 0.2) is 67.5 Å². The molecule has 0 fully saturated rings. The van der Waals surface area contributed by atoms with E-state index in [-0.39, 0.29) is 11.9 Å². The zero-order valence-electron chi connectivity index (χ0n) is 20.4. The molecule has 0 radical (unpaired) electrons. The lowest BCUT2D eigenvalue weighted by molar-refractivity contribution is 0.603. The maximum Gasteiger partial charge on any atom is 0.182 e. The fraction of sp³-hybridized carbons (Fsp3) is 0.250. The SMILES string of the molecule is C=C1c2cc(-c3c(C)cccc3F)ccc2CN1c1cccc(-c2nncn2C(C)C)n1.CC. The number of benzene rings is 2. The van der Waals surface area contributed by atoms with Gasteiger partial charge in [0.05, 0.1) is 6.54 Å².